The maximum Gasteiger partial charge on any atom is 0.331 e. The highest BCUT2D eigenvalue weighted by Gasteiger charge is 2.32. The molecule has 0 aromatic heterocycles. The molecule has 0 aliphatic carbocycles. The largest absolute Gasteiger partial charge is 0.461 e. The van der Waals surface area contributed by atoms with Crippen molar-refractivity contribution in [3.63, 3.8) is 0 Å². The first-order valence-corrected chi connectivity index (χ1v) is 17.9. The van der Waals surface area contributed by atoms with Gasteiger partial charge in [0.05, 0.1) is 19.8 Å². The van der Waals surface area contributed by atoms with Crippen LogP contribution in [0.3, 0.4) is 0 Å². The van der Waals surface area contributed by atoms with Crippen LogP contribution in [0.4, 0.5) is 4.39 Å². The molecular formula is C22H40FNO7Si2. The van der Waals surface area contributed by atoms with E-state index in [0.717, 1.165) is 37.1 Å². The monoisotopic (exact) mass is 505 g/mol. The van der Waals surface area contributed by atoms with Gasteiger partial charge in [-0.2, -0.15) is 0 Å². The van der Waals surface area contributed by atoms with E-state index in [-0.39, 0.29) is 32.4 Å². The van der Waals surface area contributed by atoms with Gasteiger partial charge < -0.3 is 23.2 Å². The molecule has 0 radical (unpaired) electrons. The summed E-state index contributed by atoms with van der Waals surface area (Å²) in [6.45, 7) is 10.4. The molecule has 0 aromatic carbocycles. The molecule has 1 rings (SSSR count). The van der Waals surface area contributed by atoms with Gasteiger partial charge in [0.25, 0.3) is 0 Å². The molecule has 33 heavy (non-hydrogen) atoms. The topological polar surface area (TPSA) is 91.4 Å². The fourth-order valence-corrected chi connectivity index (χ4v) is 12.5. The second kappa shape index (κ2) is 15.4. The Labute approximate surface area is 199 Å². The van der Waals surface area contributed by atoms with Crippen LogP contribution in [0.1, 0.15) is 25.7 Å². The van der Waals surface area contributed by atoms with Crippen molar-refractivity contribution in [2.45, 2.75) is 64.0 Å². The number of amides is 1. The quantitative estimate of drug-likeness (QED) is 0.129. The number of likely N-dealkylation sites (tertiary alicyclic amines) is 1. The standard InChI is InChI=1S/C22H40FNO7Si2/c1-32(2,18-6-11-23)31-33(3,4)19-7-14-28-16-17-30-22(27)10-9-21(26)29-15-13-24-12-5-8-20(24)25/h9-10H,5-8,11-19H2,1-4H3/b10-9+. The summed E-state index contributed by atoms with van der Waals surface area (Å²) in [5, 5.41) is 0. The van der Waals surface area contributed by atoms with Crippen molar-refractivity contribution in [2.75, 3.05) is 46.2 Å². The van der Waals surface area contributed by atoms with Gasteiger partial charge in [0.2, 0.25) is 5.91 Å². The number of esters is 2. The first kappa shape index (κ1) is 29.5. The molecule has 0 bridgehead atoms. The molecule has 0 atom stereocenters. The van der Waals surface area contributed by atoms with E-state index >= 15 is 0 Å². The number of carbonyl (C=O) groups is 3. The fourth-order valence-electron chi connectivity index (χ4n) is 3.67. The predicted octanol–water partition coefficient (Wildman–Crippen LogP) is 3.44. The van der Waals surface area contributed by atoms with Crippen LogP contribution >= 0.6 is 0 Å². The zero-order chi connectivity index (χ0) is 24.7. The third-order valence-corrected chi connectivity index (χ3v) is 12.7. The summed E-state index contributed by atoms with van der Waals surface area (Å²) in [6, 6.07) is 1.79. The Balaban J connectivity index is 2.07. The molecule has 1 amide bonds. The maximum absolute atomic E-state index is 12.4. The van der Waals surface area contributed by atoms with Crippen LogP contribution in [-0.4, -0.2) is 85.6 Å². The molecule has 1 heterocycles. The Bertz CT molecular complexity index is 659. The minimum atomic E-state index is -1.82. The second-order valence-corrected chi connectivity index (χ2v) is 18.1. The molecule has 190 valence electrons. The lowest BCUT2D eigenvalue weighted by Gasteiger charge is -2.34. The van der Waals surface area contributed by atoms with Gasteiger partial charge >= 0.3 is 11.9 Å². The summed E-state index contributed by atoms with van der Waals surface area (Å²) in [6.07, 6.45) is 4.83. The van der Waals surface area contributed by atoms with Crippen LogP contribution in [-0.2, 0) is 32.7 Å². The number of hydrogen-bond acceptors (Lipinski definition) is 7. The third kappa shape index (κ3) is 14.3. The van der Waals surface area contributed by atoms with Gasteiger partial charge in [-0.3, -0.25) is 9.18 Å². The molecule has 0 unspecified atom stereocenters. The van der Waals surface area contributed by atoms with Crippen LogP contribution in [0.2, 0.25) is 38.3 Å². The summed E-state index contributed by atoms with van der Waals surface area (Å²) >= 11 is 0. The highest BCUT2D eigenvalue weighted by molar-refractivity contribution is 6.84. The Morgan fingerprint density at radius 1 is 0.939 bits per heavy atom. The molecule has 1 aliphatic heterocycles. The van der Waals surface area contributed by atoms with Crippen molar-refractivity contribution in [1.29, 1.82) is 0 Å². The first-order chi connectivity index (χ1) is 15.5. The molecule has 8 nitrogen and oxygen atoms in total. The van der Waals surface area contributed by atoms with E-state index in [1.165, 1.54) is 0 Å². The van der Waals surface area contributed by atoms with Crippen molar-refractivity contribution in [3.8, 4) is 0 Å². The molecule has 1 saturated heterocycles. The number of rotatable bonds is 17. The zero-order valence-electron chi connectivity index (χ0n) is 20.5. The third-order valence-electron chi connectivity index (χ3n) is 5.14. The van der Waals surface area contributed by atoms with Gasteiger partial charge in [0.15, 0.2) is 16.6 Å². The lowest BCUT2D eigenvalue weighted by Crippen LogP contribution is -2.44. The van der Waals surface area contributed by atoms with E-state index in [4.69, 9.17) is 18.3 Å². The minimum Gasteiger partial charge on any atom is -0.461 e. The highest BCUT2D eigenvalue weighted by atomic mass is 28.4. The SMILES string of the molecule is C[Si](C)(CCCF)O[Si](C)(C)CCCOCCOC(=O)/C=C/C(=O)OCCN1CCCC1=O. The summed E-state index contributed by atoms with van der Waals surface area (Å²) in [4.78, 5) is 36.4. The van der Waals surface area contributed by atoms with Gasteiger partial charge in [-0.25, -0.2) is 9.59 Å². The number of carbonyl (C=O) groups excluding carboxylic acids is 3. The minimum absolute atomic E-state index is 0.0716. The number of ether oxygens (including phenoxy) is 3. The molecule has 1 aliphatic rings. The number of halogens is 1. The molecule has 0 N–H and O–H groups in total. The average Bonchev–Trinajstić information content (AvgIpc) is 3.14. The molecular weight excluding hydrogens is 465 g/mol. The lowest BCUT2D eigenvalue weighted by atomic mass is 10.4. The second-order valence-electron chi connectivity index (χ2n) is 9.28. The van der Waals surface area contributed by atoms with E-state index in [1.54, 1.807) is 4.90 Å². The van der Waals surface area contributed by atoms with Gasteiger partial charge in [0.1, 0.15) is 13.2 Å². The van der Waals surface area contributed by atoms with Crippen LogP contribution < -0.4 is 0 Å². The van der Waals surface area contributed by atoms with E-state index in [9.17, 15) is 18.8 Å². The van der Waals surface area contributed by atoms with Gasteiger partial charge in [-0.1, -0.05) is 0 Å². The van der Waals surface area contributed by atoms with Crippen LogP contribution in [0.25, 0.3) is 0 Å². The predicted molar refractivity (Wildman–Crippen MR) is 129 cm³/mol. The van der Waals surface area contributed by atoms with Crippen molar-refractivity contribution in [2.24, 2.45) is 0 Å². The van der Waals surface area contributed by atoms with Crippen molar-refractivity contribution >= 4 is 34.5 Å². The van der Waals surface area contributed by atoms with Crippen molar-refractivity contribution < 1.29 is 37.1 Å². The Hall–Kier alpha value is -1.57. The number of alkyl halides is 1. The summed E-state index contributed by atoms with van der Waals surface area (Å²) in [7, 11) is -3.63. The van der Waals surface area contributed by atoms with E-state index in [0.29, 0.717) is 32.5 Å². The smallest absolute Gasteiger partial charge is 0.331 e. The maximum atomic E-state index is 12.4. The summed E-state index contributed by atoms with van der Waals surface area (Å²) < 4.78 is 34.3. The summed E-state index contributed by atoms with van der Waals surface area (Å²) in [5.74, 6) is -1.23. The Morgan fingerprint density at radius 3 is 2.12 bits per heavy atom. The van der Waals surface area contributed by atoms with E-state index < -0.39 is 28.6 Å². The molecule has 0 aromatic rings. The molecule has 1 fully saturated rings. The fraction of sp³-hybridized carbons (Fsp3) is 0.773. The van der Waals surface area contributed by atoms with Gasteiger partial charge in [0, 0.05) is 31.7 Å². The number of nitrogens with zero attached hydrogens (tertiary/aromatic N) is 1. The Morgan fingerprint density at radius 2 is 1.55 bits per heavy atom. The normalized spacial score (nSPS) is 14.8. The van der Waals surface area contributed by atoms with Crippen LogP contribution in [0, 0.1) is 0 Å². The Kier molecular flexibility index (Phi) is 13.7. The lowest BCUT2D eigenvalue weighted by molar-refractivity contribution is -0.142. The highest BCUT2D eigenvalue weighted by Crippen LogP contribution is 2.23. The van der Waals surface area contributed by atoms with E-state index in [2.05, 4.69) is 26.2 Å². The molecule has 0 saturated carbocycles. The number of hydrogen-bond donors (Lipinski definition) is 0. The average molecular weight is 506 g/mol. The molecule has 11 heteroatoms. The van der Waals surface area contributed by atoms with Crippen molar-refractivity contribution in [1.82, 2.24) is 4.90 Å². The van der Waals surface area contributed by atoms with Gasteiger partial charge in [-0.15, -0.1) is 0 Å². The van der Waals surface area contributed by atoms with Crippen LogP contribution in [0.5, 0.6) is 0 Å². The summed E-state index contributed by atoms with van der Waals surface area (Å²) in [5.41, 5.74) is 0. The molecule has 0 spiro atoms. The van der Waals surface area contributed by atoms with Gasteiger partial charge in [-0.05, 0) is 57.5 Å². The van der Waals surface area contributed by atoms with Crippen LogP contribution in [0.15, 0.2) is 12.2 Å². The first-order valence-electron chi connectivity index (χ1n) is 11.7. The van der Waals surface area contributed by atoms with E-state index in [1.807, 2.05) is 0 Å². The van der Waals surface area contributed by atoms with Crippen molar-refractivity contribution in [3.05, 3.63) is 12.2 Å². The zero-order valence-corrected chi connectivity index (χ0v) is 22.5.